The van der Waals surface area contributed by atoms with Gasteiger partial charge in [-0.05, 0) is 74.1 Å². The second-order valence-electron chi connectivity index (χ2n) is 13.0. The highest BCUT2D eigenvalue weighted by atomic mass is 16.5. The van der Waals surface area contributed by atoms with Crippen molar-refractivity contribution in [1.82, 2.24) is 14.5 Å². The van der Waals surface area contributed by atoms with Gasteiger partial charge in [0, 0.05) is 44.2 Å². The number of allylic oxidation sites excluding steroid dienone is 1. The lowest BCUT2D eigenvalue weighted by atomic mass is 9.88. The summed E-state index contributed by atoms with van der Waals surface area (Å²) in [5, 5.41) is 0. The Kier molecular flexibility index (Phi) is 12.4. The molecular weight excluding hydrogens is 614 g/mol. The normalized spacial score (nSPS) is 13.3. The maximum absolute atomic E-state index is 12.8. The third-order valence-electron chi connectivity index (χ3n) is 9.01. The second kappa shape index (κ2) is 17.1. The lowest BCUT2D eigenvalue weighted by Gasteiger charge is -2.30. The van der Waals surface area contributed by atoms with Crippen LogP contribution in [-0.4, -0.2) is 40.0 Å². The van der Waals surface area contributed by atoms with Gasteiger partial charge >= 0.3 is 11.9 Å². The van der Waals surface area contributed by atoms with Gasteiger partial charge < -0.3 is 18.8 Å². The van der Waals surface area contributed by atoms with Crippen LogP contribution >= 0.6 is 0 Å². The number of rotatable bonds is 15. The number of carbonyl (C=O) groups excluding carboxylic acids is 2. The molecule has 0 bridgehead atoms. The van der Waals surface area contributed by atoms with Gasteiger partial charge in [0.25, 0.3) is 0 Å². The van der Waals surface area contributed by atoms with Gasteiger partial charge in [0.05, 0.1) is 24.3 Å². The minimum absolute atomic E-state index is 0.187. The zero-order chi connectivity index (χ0) is 34.8. The van der Waals surface area contributed by atoms with Crippen LogP contribution in [0.5, 0.6) is 11.5 Å². The maximum atomic E-state index is 12.8. The molecule has 0 spiro atoms. The number of benzene rings is 3. The lowest BCUT2D eigenvalue weighted by Crippen LogP contribution is -2.31. The molecule has 0 radical (unpaired) electrons. The molecule has 8 nitrogen and oxygen atoms in total. The van der Waals surface area contributed by atoms with Crippen molar-refractivity contribution in [3.8, 4) is 34.1 Å². The molecule has 258 valence electrons. The number of ether oxygens (including phenoxy) is 3. The molecule has 0 aliphatic heterocycles. The highest BCUT2D eigenvalue weighted by Gasteiger charge is 2.25. The van der Waals surface area contributed by atoms with Gasteiger partial charge in [-0.3, -0.25) is 9.69 Å². The number of esters is 2. The zero-order valence-electron chi connectivity index (χ0n) is 29.4. The van der Waals surface area contributed by atoms with Crippen LogP contribution in [0.25, 0.3) is 22.6 Å². The van der Waals surface area contributed by atoms with Crippen LogP contribution in [0.1, 0.15) is 87.3 Å². The fourth-order valence-electron chi connectivity index (χ4n) is 6.67. The van der Waals surface area contributed by atoms with E-state index in [0.29, 0.717) is 19.0 Å². The zero-order valence-corrected chi connectivity index (χ0v) is 29.4. The highest BCUT2D eigenvalue weighted by molar-refractivity contribution is 5.94. The summed E-state index contributed by atoms with van der Waals surface area (Å²) < 4.78 is 18.7. The molecule has 3 aromatic carbocycles. The van der Waals surface area contributed by atoms with Crippen molar-refractivity contribution in [2.45, 2.75) is 85.4 Å². The van der Waals surface area contributed by atoms with Gasteiger partial charge in [0.2, 0.25) is 0 Å². The molecule has 0 unspecified atom stereocenters. The molecular formula is C41H49N3O5. The van der Waals surface area contributed by atoms with E-state index in [4.69, 9.17) is 19.2 Å². The molecule has 8 heteroatoms. The number of hydrogen-bond donors (Lipinski definition) is 0. The molecule has 1 aliphatic carbocycles. The summed E-state index contributed by atoms with van der Waals surface area (Å²) in [6.45, 7) is 11.9. The fraction of sp³-hybridized carbons (Fsp3) is 0.390. The van der Waals surface area contributed by atoms with Crippen molar-refractivity contribution < 1.29 is 23.8 Å². The van der Waals surface area contributed by atoms with E-state index in [2.05, 4.69) is 59.4 Å². The summed E-state index contributed by atoms with van der Waals surface area (Å²) in [5.74, 6) is 1.69. The average molecular weight is 664 g/mol. The molecule has 0 saturated heterocycles. The number of hydrogen-bond acceptors (Lipinski definition) is 7. The van der Waals surface area contributed by atoms with Gasteiger partial charge in [-0.15, -0.1) is 0 Å². The Morgan fingerprint density at radius 2 is 1.67 bits per heavy atom. The van der Waals surface area contributed by atoms with Crippen LogP contribution in [0, 0.1) is 5.92 Å². The van der Waals surface area contributed by atoms with Crippen LogP contribution in [0.2, 0.25) is 0 Å². The minimum atomic E-state index is -0.605. The van der Waals surface area contributed by atoms with Crippen LogP contribution in [0.3, 0.4) is 0 Å². The lowest BCUT2D eigenvalue weighted by molar-refractivity contribution is -0.131. The number of aromatic nitrogens is 2. The number of methoxy groups -OCH3 is 1. The van der Waals surface area contributed by atoms with Gasteiger partial charge in [0.1, 0.15) is 22.9 Å². The third kappa shape index (κ3) is 9.48. The minimum Gasteiger partial charge on any atom is -0.497 e. The molecule has 4 aromatic rings. The predicted molar refractivity (Wildman–Crippen MR) is 193 cm³/mol. The first kappa shape index (κ1) is 35.6. The molecule has 0 amide bonds. The van der Waals surface area contributed by atoms with Crippen molar-refractivity contribution >= 4 is 11.9 Å². The van der Waals surface area contributed by atoms with E-state index in [1.165, 1.54) is 39.0 Å². The van der Waals surface area contributed by atoms with E-state index in [9.17, 15) is 9.59 Å². The Morgan fingerprint density at radius 3 is 2.33 bits per heavy atom. The first-order valence-electron chi connectivity index (χ1n) is 17.5. The topological polar surface area (TPSA) is 82.9 Å². The van der Waals surface area contributed by atoms with E-state index in [-0.39, 0.29) is 17.1 Å². The Balaban J connectivity index is 1.59. The standard InChI is InChI=1S/C41H49N3O5/c1-6-7-24-44-37(39(33-19-21-35(47-5)22-20-33)42-40(44)34-16-12-9-13-17-34)28-43(26-31-14-10-8-11-15-31)27-32-18-23-36(41(46)48-29(2)3)38(25-32)49-30(4)45/h9,12-13,16-23,25,31H,2,6-8,10-11,14-15,24,26-28H2,1,3-5H3. The number of imidazole rings is 1. The first-order chi connectivity index (χ1) is 23.7. The molecule has 0 atom stereocenters. The van der Waals surface area contributed by atoms with Crippen molar-refractivity contribution in [2.24, 2.45) is 5.92 Å². The largest absolute Gasteiger partial charge is 0.497 e. The van der Waals surface area contributed by atoms with E-state index in [1.807, 2.05) is 24.3 Å². The molecule has 1 aromatic heterocycles. The van der Waals surface area contributed by atoms with Crippen LogP contribution in [0.15, 0.2) is 85.1 Å². The fourth-order valence-corrected chi connectivity index (χ4v) is 6.67. The summed E-state index contributed by atoms with van der Waals surface area (Å²) in [6.07, 6.45) is 8.29. The molecule has 1 fully saturated rings. The Labute approximate surface area is 290 Å². The van der Waals surface area contributed by atoms with Crippen LogP contribution in [0.4, 0.5) is 0 Å². The smallest absolute Gasteiger partial charge is 0.346 e. The molecule has 0 N–H and O–H groups in total. The molecule has 1 heterocycles. The van der Waals surface area contributed by atoms with Crippen molar-refractivity contribution in [1.29, 1.82) is 0 Å². The van der Waals surface area contributed by atoms with Crippen LogP contribution < -0.4 is 9.47 Å². The van der Waals surface area contributed by atoms with E-state index in [1.54, 1.807) is 26.2 Å². The van der Waals surface area contributed by atoms with Gasteiger partial charge in [-0.25, -0.2) is 9.78 Å². The SMILES string of the molecule is C=C(C)OC(=O)c1ccc(CN(Cc2c(-c3ccc(OC)cc3)nc(-c3ccccc3)n2CCCC)CC2CCCCC2)cc1OC(C)=O. The quantitative estimate of drug-likeness (QED) is 0.0712. The molecule has 1 saturated carbocycles. The second-order valence-corrected chi connectivity index (χ2v) is 13.0. The molecule has 5 rings (SSSR count). The first-order valence-corrected chi connectivity index (χ1v) is 17.5. The number of carbonyl (C=O) groups is 2. The molecule has 49 heavy (non-hydrogen) atoms. The summed E-state index contributed by atoms with van der Waals surface area (Å²) in [4.78, 5) is 32.8. The predicted octanol–water partition coefficient (Wildman–Crippen LogP) is 9.22. The van der Waals surface area contributed by atoms with Gasteiger partial charge in [0.15, 0.2) is 0 Å². The van der Waals surface area contributed by atoms with Crippen LogP contribution in [-0.2, 0) is 29.2 Å². The van der Waals surface area contributed by atoms with Crippen molar-refractivity contribution in [2.75, 3.05) is 13.7 Å². The van der Waals surface area contributed by atoms with E-state index >= 15 is 0 Å². The monoisotopic (exact) mass is 663 g/mol. The van der Waals surface area contributed by atoms with Crippen molar-refractivity contribution in [3.05, 3.63) is 102 Å². The summed E-state index contributed by atoms with van der Waals surface area (Å²) in [5.41, 5.74) is 5.38. The Hall–Kier alpha value is -4.69. The highest BCUT2D eigenvalue weighted by Crippen LogP contribution is 2.34. The van der Waals surface area contributed by atoms with E-state index in [0.717, 1.165) is 65.6 Å². The van der Waals surface area contributed by atoms with Gasteiger partial charge in [-0.1, -0.05) is 75.6 Å². The maximum Gasteiger partial charge on any atom is 0.346 e. The summed E-state index contributed by atoms with van der Waals surface area (Å²) >= 11 is 0. The average Bonchev–Trinajstić information content (AvgIpc) is 3.45. The van der Waals surface area contributed by atoms with Crippen molar-refractivity contribution in [3.63, 3.8) is 0 Å². The summed E-state index contributed by atoms with van der Waals surface area (Å²) in [7, 11) is 1.68. The Bertz CT molecular complexity index is 1720. The Morgan fingerprint density at radius 1 is 0.939 bits per heavy atom. The van der Waals surface area contributed by atoms with E-state index < -0.39 is 11.9 Å². The molecule has 1 aliphatic rings. The number of unbranched alkanes of at least 4 members (excludes halogenated alkanes) is 1. The third-order valence-corrected chi connectivity index (χ3v) is 9.01. The number of nitrogens with zero attached hydrogens (tertiary/aromatic N) is 3. The van der Waals surface area contributed by atoms with Gasteiger partial charge in [-0.2, -0.15) is 0 Å². The summed E-state index contributed by atoms with van der Waals surface area (Å²) in [6, 6.07) is 24.0.